The summed E-state index contributed by atoms with van der Waals surface area (Å²) < 4.78 is 13.0. The average Bonchev–Trinajstić information content (AvgIpc) is 3.34. The Balaban J connectivity index is 1.61. The van der Waals surface area contributed by atoms with Gasteiger partial charge in [0.25, 0.3) is 5.69 Å². The molecule has 0 N–H and O–H groups in total. The van der Waals surface area contributed by atoms with E-state index in [0.29, 0.717) is 11.5 Å². The molecule has 0 atom stereocenters. The van der Waals surface area contributed by atoms with Crippen LogP contribution in [-0.2, 0) is 0 Å². The van der Waals surface area contributed by atoms with Crippen molar-refractivity contribution in [3.8, 4) is 22.8 Å². The van der Waals surface area contributed by atoms with Gasteiger partial charge in [0.05, 0.1) is 31.5 Å². The smallest absolute Gasteiger partial charge is 0.270 e. The van der Waals surface area contributed by atoms with Gasteiger partial charge in [0, 0.05) is 28.0 Å². The summed E-state index contributed by atoms with van der Waals surface area (Å²) in [5.41, 5.74) is 1.53. The lowest BCUT2D eigenvalue weighted by Crippen LogP contribution is -2.37. The van der Waals surface area contributed by atoms with Gasteiger partial charge in [-0.3, -0.25) is 19.3 Å². The van der Waals surface area contributed by atoms with Gasteiger partial charge in [0.1, 0.15) is 0 Å². The van der Waals surface area contributed by atoms with E-state index in [0.717, 1.165) is 41.0 Å². The van der Waals surface area contributed by atoms with Crippen LogP contribution >= 0.6 is 23.3 Å². The summed E-state index contributed by atoms with van der Waals surface area (Å²) in [5.74, 6) is 1.36. The lowest BCUT2D eigenvalue weighted by molar-refractivity contribution is -0.384. The number of thiazole rings is 1. The monoisotopic (exact) mass is 486 g/mol. The largest absolute Gasteiger partial charge is 0.493 e. The summed E-state index contributed by atoms with van der Waals surface area (Å²) in [4.78, 5) is 19.1. The molecule has 1 aliphatic heterocycles. The first-order valence-electron chi connectivity index (χ1n) is 10.7. The molecule has 0 spiro atoms. The first-order valence-corrected chi connectivity index (χ1v) is 12.3. The summed E-state index contributed by atoms with van der Waals surface area (Å²) in [6.07, 6.45) is 3.67. The van der Waals surface area contributed by atoms with Crippen LogP contribution in [0.15, 0.2) is 52.7 Å². The van der Waals surface area contributed by atoms with Gasteiger partial charge in [-0.05, 0) is 56.1 Å². The number of ether oxygens (including phenoxy) is 2. The Bertz CT molecular complexity index is 1100. The molecular weight excluding hydrogens is 460 g/mol. The molecule has 0 radical (unpaired) electrons. The Morgan fingerprint density at radius 3 is 2.64 bits per heavy atom. The number of nitrogens with zero attached hydrogens (tertiary/aromatic N) is 4. The number of rotatable bonds is 9. The number of aromatic nitrogens is 1. The van der Waals surface area contributed by atoms with Crippen LogP contribution in [0.2, 0.25) is 0 Å². The molecule has 33 heavy (non-hydrogen) atoms. The third-order valence-corrected chi connectivity index (χ3v) is 7.36. The van der Waals surface area contributed by atoms with Gasteiger partial charge in [-0.15, -0.1) is 11.3 Å². The van der Waals surface area contributed by atoms with Crippen molar-refractivity contribution in [3.05, 3.63) is 58.0 Å². The van der Waals surface area contributed by atoms with Gasteiger partial charge in [0.2, 0.25) is 0 Å². The highest BCUT2D eigenvalue weighted by Gasteiger charge is 2.20. The number of likely N-dealkylation sites (tertiary alicyclic amines) is 1. The van der Waals surface area contributed by atoms with Crippen LogP contribution in [0.5, 0.6) is 11.5 Å². The number of hydrogen-bond donors (Lipinski definition) is 0. The molecule has 0 bridgehead atoms. The van der Waals surface area contributed by atoms with E-state index < -0.39 is 0 Å². The molecule has 10 heteroatoms. The maximum absolute atomic E-state index is 11.2. The second-order valence-corrected chi connectivity index (χ2v) is 9.56. The van der Waals surface area contributed by atoms with Crippen molar-refractivity contribution in [2.24, 2.45) is 0 Å². The second kappa shape index (κ2) is 10.9. The molecule has 0 aliphatic carbocycles. The molecule has 1 aromatic heterocycles. The molecule has 8 nitrogen and oxygen atoms in total. The number of hydrogen-bond acceptors (Lipinski definition) is 9. The van der Waals surface area contributed by atoms with Crippen LogP contribution in [0, 0.1) is 10.1 Å². The standard InChI is InChI=1S/C23H26N4O4S2/c1-30-21-10-9-19(14-22(21)31-2)33-26(16-25-11-4-3-5-12-25)23-24-20(15-32-23)17-7-6-8-18(13-17)27(28)29/h6-10,13-15H,3-5,11-12,16H2,1-2H3. The summed E-state index contributed by atoms with van der Waals surface area (Å²) in [6.45, 7) is 2.86. The summed E-state index contributed by atoms with van der Waals surface area (Å²) in [6, 6.07) is 12.5. The number of piperidine rings is 1. The highest BCUT2D eigenvalue weighted by Crippen LogP contribution is 2.38. The minimum Gasteiger partial charge on any atom is -0.493 e. The Kier molecular flexibility index (Phi) is 7.69. The van der Waals surface area contributed by atoms with E-state index in [4.69, 9.17) is 14.5 Å². The minimum absolute atomic E-state index is 0.0620. The molecular formula is C23H26N4O4S2. The molecule has 1 fully saturated rings. The number of anilines is 1. The van der Waals surface area contributed by atoms with Crippen molar-refractivity contribution in [1.82, 2.24) is 9.88 Å². The van der Waals surface area contributed by atoms with E-state index in [-0.39, 0.29) is 10.6 Å². The first kappa shape index (κ1) is 23.3. The Hall–Kier alpha value is -2.82. The fraction of sp³-hybridized carbons (Fsp3) is 0.348. The lowest BCUT2D eigenvalue weighted by atomic mass is 10.1. The average molecular weight is 487 g/mol. The van der Waals surface area contributed by atoms with Gasteiger partial charge >= 0.3 is 0 Å². The highest BCUT2D eigenvalue weighted by molar-refractivity contribution is 8.00. The van der Waals surface area contributed by atoms with Crippen molar-refractivity contribution in [2.45, 2.75) is 24.2 Å². The summed E-state index contributed by atoms with van der Waals surface area (Å²) in [7, 11) is 3.25. The molecule has 174 valence electrons. The van der Waals surface area contributed by atoms with E-state index in [2.05, 4.69) is 9.21 Å². The van der Waals surface area contributed by atoms with E-state index in [1.807, 2.05) is 29.6 Å². The molecule has 1 saturated heterocycles. The fourth-order valence-corrected chi connectivity index (χ4v) is 5.56. The van der Waals surface area contributed by atoms with E-state index in [1.165, 1.54) is 36.7 Å². The molecule has 0 amide bonds. The quantitative estimate of drug-likeness (QED) is 0.217. The third kappa shape index (κ3) is 5.76. The SMILES string of the molecule is COc1ccc(SN(CN2CCCCC2)c2nc(-c3cccc([N+](=O)[O-])c3)cs2)cc1OC. The number of methoxy groups -OCH3 is 2. The van der Waals surface area contributed by atoms with Gasteiger partial charge < -0.3 is 9.47 Å². The highest BCUT2D eigenvalue weighted by atomic mass is 32.2. The molecule has 2 aromatic carbocycles. The van der Waals surface area contributed by atoms with Gasteiger partial charge in [-0.1, -0.05) is 18.6 Å². The van der Waals surface area contributed by atoms with Crippen LogP contribution in [0.3, 0.4) is 0 Å². The summed E-state index contributed by atoms with van der Waals surface area (Å²) in [5, 5.41) is 14.0. The number of non-ortho nitro benzene ring substituents is 1. The van der Waals surface area contributed by atoms with E-state index in [9.17, 15) is 10.1 Å². The van der Waals surface area contributed by atoms with Crippen molar-refractivity contribution < 1.29 is 14.4 Å². The fourth-order valence-electron chi connectivity index (χ4n) is 3.70. The number of nitro benzene ring substituents is 1. The van der Waals surface area contributed by atoms with Crippen LogP contribution < -0.4 is 13.8 Å². The van der Waals surface area contributed by atoms with E-state index >= 15 is 0 Å². The maximum atomic E-state index is 11.2. The number of nitro groups is 1. The normalized spacial score (nSPS) is 14.1. The Morgan fingerprint density at radius 1 is 1.12 bits per heavy atom. The van der Waals surface area contributed by atoms with Crippen LogP contribution in [0.1, 0.15) is 19.3 Å². The molecule has 2 heterocycles. The molecule has 1 aliphatic rings. The zero-order valence-electron chi connectivity index (χ0n) is 18.6. The number of benzene rings is 2. The molecule has 0 unspecified atom stereocenters. The van der Waals surface area contributed by atoms with Crippen LogP contribution in [0.25, 0.3) is 11.3 Å². The third-order valence-electron chi connectivity index (χ3n) is 5.41. The van der Waals surface area contributed by atoms with Gasteiger partial charge in [-0.25, -0.2) is 4.98 Å². The molecule has 4 rings (SSSR count). The predicted octanol–water partition coefficient (Wildman–Crippen LogP) is 5.69. The van der Waals surface area contributed by atoms with Crippen LogP contribution in [-0.4, -0.2) is 48.8 Å². The van der Waals surface area contributed by atoms with Crippen LogP contribution in [0.4, 0.5) is 10.8 Å². The maximum Gasteiger partial charge on any atom is 0.270 e. The lowest BCUT2D eigenvalue weighted by Gasteiger charge is -2.31. The van der Waals surface area contributed by atoms with Crippen molar-refractivity contribution in [1.29, 1.82) is 0 Å². The van der Waals surface area contributed by atoms with Crippen molar-refractivity contribution in [2.75, 3.05) is 38.3 Å². The molecule has 3 aromatic rings. The van der Waals surface area contributed by atoms with E-state index in [1.54, 1.807) is 38.3 Å². The zero-order valence-corrected chi connectivity index (χ0v) is 20.2. The second-order valence-electron chi connectivity index (χ2n) is 7.63. The zero-order chi connectivity index (χ0) is 23.2. The first-order chi connectivity index (χ1) is 16.1. The molecule has 0 saturated carbocycles. The van der Waals surface area contributed by atoms with Crippen molar-refractivity contribution >= 4 is 34.1 Å². The van der Waals surface area contributed by atoms with Gasteiger partial charge in [0.15, 0.2) is 16.6 Å². The summed E-state index contributed by atoms with van der Waals surface area (Å²) >= 11 is 3.13. The topological polar surface area (TPSA) is 81.0 Å². The van der Waals surface area contributed by atoms with Crippen molar-refractivity contribution in [3.63, 3.8) is 0 Å². The van der Waals surface area contributed by atoms with Gasteiger partial charge in [-0.2, -0.15) is 0 Å². The minimum atomic E-state index is -0.383. The Labute approximate surface area is 201 Å². The Morgan fingerprint density at radius 2 is 1.91 bits per heavy atom. The predicted molar refractivity (Wildman–Crippen MR) is 132 cm³/mol.